The summed E-state index contributed by atoms with van der Waals surface area (Å²) in [5.41, 5.74) is 10.0. The number of fused-ring (bicyclic) bond motifs is 1. The predicted octanol–water partition coefficient (Wildman–Crippen LogP) is 4.46. The van der Waals surface area contributed by atoms with Crippen molar-refractivity contribution in [2.45, 2.75) is 89.1 Å². The second-order valence-electron chi connectivity index (χ2n) is 14.1. The summed E-state index contributed by atoms with van der Waals surface area (Å²) in [5, 5.41) is 7.49. The van der Waals surface area contributed by atoms with Crippen molar-refractivity contribution < 1.29 is 8.42 Å². The quantitative estimate of drug-likeness (QED) is 0.168. The molecule has 5 rings (SSSR count). The number of piperidine rings is 1. The first kappa shape index (κ1) is 35.5. The van der Waals surface area contributed by atoms with Gasteiger partial charge in [-0.25, -0.2) is 17.9 Å². The smallest absolute Gasteiger partial charge is 0.343 e. The van der Waals surface area contributed by atoms with Crippen LogP contribution in [0.5, 0.6) is 0 Å². The summed E-state index contributed by atoms with van der Waals surface area (Å²) in [7, 11) is -3.41. The van der Waals surface area contributed by atoms with Gasteiger partial charge in [-0.05, 0) is 85.8 Å². The SMILES string of the molecule is CC(C)(C)c1cc2cn(-c3ccc(CNCCCN)cc3)c(=O)nc2[nH]1.CC(C)(C)c1ccc(S(=O)(=O)NC2CCCNC2)cc1. The number of aromatic amines is 1. The molecule has 1 atom stereocenters. The van der Waals surface area contributed by atoms with Crippen LogP contribution in [0.25, 0.3) is 16.7 Å². The van der Waals surface area contributed by atoms with E-state index >= 15 is 0 Å². The summed E-state index contributed by atoms with van der Waals surface area (Å²) in [6, 6.07) is 17.2. The molecule has 0 amide bonds. The maximum absolute atomic E-state index is 12.4. The van der Waals surface area contributed by atoms with Crippen molar-refractivity contribution in [3.05, 3.63) is 88.1 Å². The second kappa shape index (κ2) is 15.0. The Balaban J connectivity index is 0.000000216. The van der Waals surface area contributed by atoms with Crippen LogP contribution in [0, 0.1) is 0 Å². The third-order valence-corrected chi connectivity index (χ3v) is 9.60. The lowest BCUT2D eigenvalue weighted by molar-refractivity contribution is 0.428. The van der Waals surface area contributed by atoms with Crippen molar-refractivity contribution in [1.82, 2.24) is 29.9 Å². The van der Waals surface area contributed by atoms with E-state index in [4.69, 9.17) is 5.73 Å². The number of rotatable bonds is 9. The van der Waals surface area contributed by atoms with Gasteiger partial charge in [0.1, 0.15) is 5.65 Å². The molecule has 250 valence electrons. The first-order valence-electron chi connectivity index (χ1n) is 16.1. The van der Waals surface area contributed by atoms with Crippen LogP contribution in [0.2, 0.25) is 0 Å². The van der Waals surface area contributed by atoms with Crippen LogP contribution in [0.15, 0.2) is 70.5 Å². The van der Waals surface area contributed by atoms with E-state index in [2.05, 4.69) is 72.9 Å². The lowest BCUT2D eigenvalue weighted by atomic mass is 9.87. The van der Waals surface area contributed by atoms with E-state index in [0.717, 1.165) is 61.2 Å². The molecule has 0 spiro atoms. The molecule has 2 aromatic heterocycles. The van der Waals surface area contributed by atoms with Crippen molar-refractivity contribution in [1.29, 1.82) is 0 Å². The Labute approximate surface area is 273 Å². The molecule has 1 aliphatic rings. The van der Waals surface area contributed by atoms with Gasteiger partial charge in [0, 0.05) is 41.8 Å². The number of nitrogens with zero attached hydrogens (tertiary/aromatic N) is 2. The highest BCUT2D eigenvalue weighted by molar-refractivity contribution is 7.89. The molecule has 10 nitrogen and oxygen atoms in total. The van der Waals surface area contributed by atoms with Gasteiger partial charge in [-0.1, -0.05) is 65.8 Å². The maximum Gasteiger partial charge on any atom is 0.354 e. The highest BCUT2D eigenvalue weighted by Gasteiger charge is 2.22. The van der Waals surface area contributed by atoms with E-state index in [-0.39, 0.29) is 22.6 Å². The Morgan fingerprint density at radius 3 is 2.28 bits per heavy atom. The zero-order valence-electron chi connectivity index (χ0n) is 28.1. The number of benzene rings is 2. The van der Waals surface area contributed by atoms with Gasteiger partial charge in [-0.3, -0.25) is 4.57 Å². The Kier molecular flexibility index (Phi) is 11.6. The molecule has 0 aliphatic carbocycles. The number of sulfonamides is 1. The molecule has 1 fully saturated rings. The van der Waals surface area contributed by atoms with Crippen molar-refractivity contribution in [3.63, 3.8) is 0 Å². The second-order valence-corrected chi connectivity index (χ2v) is 15.8. The Morgan fingerprint density at radius 1 is 1.00 bits per heavy atom. The number of aromatic nitrogens is 3. The topological polar surface area (TPSA) is 147 Å². The minimum absolute atomic E-state index is 0.00366. The number of nitrogens with one attached hydrogen (secondary N) is 4. The normalized spacial score (nSPS) is 15.8. The van der Waals surface area contributed by atoms with Crippen LogP contribution < -0.4 is 26.8 Å². The maximum atomic E-state index is 12.4. The van der Waals surface area contributed by atoms with Crippen LogP contribution in [-0.2, 0) is 27.4 Å². The summed E-state index contributed by atoms with van der Waals surface area (Å²) in [5.74, 6) is 0. The fourth-order valence-electron chi connectivity index (χ4n) is 5.19. The van der Waals surface area contributed by atoms with Gasteiger partial charge in [0.2, 0.25) is 10.0 Å². The summed E-state index contributed by atoms with van der Waals surface area (Å²) in [4.78, 5) is 20.2. The van der Waals surface area contributed by atoms with Gasteiger partial charge in [0.25, 0.3) is 0 Å². The first-order chi connectivity index (χ1) is 21.7. The molecular weight excluding hydrogens is 598 g/mol. The molecule has 2 aromatic carbocycles. The van der Waals surface area contributed by atoms with E-state index in [1.54, 1.807) is 16.7 Å². The lowest BCUT2D eigenvalue weighted by Gasteiger charge is -2.24. The zero-order chi connectivity index (χ0) is 33.5. The van der Waals surface area contributed by atoms with E-state index in [0.29, 0.717) is 23.6 Å². The van der Waals surface area contributed by atoms with E-state index in [9.17, 15) is 13.2 Å². The minimum atomic E-state index is -3.41. The van der Waals surface area contributed by atoms with Gasteiger partial charge in [-0.15, -0.1) is 0 Å². The number of H-pyrrole nitrogens is 1. The van der Waals surface area contributed by atoms with Gasteiger partial charge < -0.3 is 21.4 Å². The number of hydrogen-bond acceptors (Lipinski definition) is 7. The molecule has 4 aromatic rings. The monoisotopic (exact) mass is 649 g/mol. The van der Waals surface area contributed by atoms with Gasteiger partial charge in [-0.2, -0.15) is 4.98 Å². The molecule has 1 aliphatic heterocycles. The lowest BCUT2D eigenvalue weighted by Crippen LogP contribution is -2.45. The van der Waals surface area contributed by atoms with Crippen LogP contribution in [0.4, 0.5) is 0 Å². The number of nitrogens with two attached hydrogens (primary N) is 1. The summed E-state index contributed by atoms with van der Waals surface area (Å²) < 4.78 is 29.0. The van der Waals surface area contributed by atoms with E-state index in [1.807, 2.05) is 42.6 Å². The summed E-state index contributed by atoms with van der Waals surface area (Å²) >= 11 is 0. The van der Waals surface area contributed by atoms with Crippen LogP contribution in [-0.4, -0.2) is 55.2 Å². The third kappa shape index (κ3) is 9.59. The molecule has 3 heterocycles. The highest BCUT2D eigenvalue weighted by Crippen LogP contribution is 2.25. The minimum Gasteiger partial charge on any atom is -0.343 e. The van der Waals surface area contributed by atoms with Gasteiger partial charge in [0.15, 0.2) is 0 Å². The Morgan fingerprint density at radius 2 is 1.70 bits per heavy atom. The van der Waals surface area contributed by atoms with E-state index < -0.39 is 10.0 Å². The van der Waals surface area contributed by atoms with Crippen molar-refractivity contribution in [2.24, 2.45) is 5.73 Å². The van der Waals surface area contributed by atoms with Crippen LogP contribution >= 0.6 is 0 Å². The highest BCUT2D eigenvalue weighted by atomic mass is 32.2. The molecule has 0 bridgehead atoms. The van der Waals surface area contributed by atoms with Gasteiger partial charge in [0.05, 0.1) is 10.6 Å². The molecule has 11 heteroatoms. The fourth-order valence-corrected chi connectivity index (χ4v) is 6.46. The zero-order valence-corrected chi connectivity index (χ0v) is 28.9. The first-order valence-corrected chi connectivity index (χ1v) is 17.6. The largest absolute Gasteiger partial charge is 0.354 e. The van der Waals surface area contributed by atoms with Crippen LogP contribution in [0.1, 0.15) is 77.6 Å². The van der Waals surface area contributed by atoms with Crippen molar-refractivity contribution in [2.75, 3.05) is 26.2 Å². The standard InChI is InChI=1S/C20H27N5O.C15H24N2O2S/c1-20(2,3)17-11-15-13-25(19(26)24-18(15)23-17)16-7-5-14(6-8-16)12-22-10-4-9-21;1-15(2,3)12-6-8-14(9-7-12)20(18,19)17-13-5-4-10-16-11-13/h5-8,11,13,22H,4,9-10,12,21H2,1-3H3,(H,23,24,26);6-9,13,16-17H,4-5,10-11H2,1-3H3. The predicted molar refractivity (Wildman–Crippen MR) is 187 cm³/mol. The molecule has 6 N–H and O–H groups in total. The average Bonchev–Trinajstić information content (AvgIpc) is 3.43. The summed E-state index contributed by atoms with van der Waals surface area (Å²) in [6.07, 6.45) is 4.72. The van der Waals surface area contributed by atoms with Crippen molar-refractivity contribution in [3.8, 4) is 5.69 Å². The summed E-state index contributed by atoms with van der Waals surface area (Å²) in [6.45, 7) is 16.8. The van der Waals surface area contributed by atoms with Crippen molar-refractivity contribution >= 4 is 21.1 Å². The number of hydrogen-bond donors (Lipinski definition) is 5. The average molecular weight is 650 g/mol. The molecular formula is C35H51N7O3S. The third-order valence-electron chi connectivity index (χ3n) is 8.07. The fraction of sp³-hybridized carbons (Fsp3) is 0.486. The molecule has 0 saturated carbocycles. The van der Waals surface area contributed by atoms with Gasteiger partial charge >= 0.3 is 5.69 Å². The molecule has 46 heavy (non-hydrogen) atoms. The van der Waals surface area contributed by atoms with Crippen LogP contribution in [0.3, 0.4) is 0 Å². The Bertz CT molecular complexity index is 1720. The Hall–Kier alpha value is -3.35. The molecule has 1 unspecified atom stereocenters. The molecule has 0 radical (unpaired) electrons. The molecule has 1 saturated heterocycles. The van der Waals surface area contributed by atoms with E-state index in [1.165, 1.54) is 5.56 Å².